The fourth-order valence-electron chi connectivity index (χ4n) is 1.67. The van der Waals surface area contributed by atoms with Gasteiger partial charge in [0.1, 0.15) is 0 Å². The monoisotopic (exact) mass is 352 g/mol. The van der Waals surface area contributed by atoms with Crippen LogP contribution in [-0.4, -0.2) is 61.4 Å². The molecule has 0 spiro atoms. The second-order valence-electron chi connectivity index (χ2n) is 6.07. The van der Waals surface area contributed by atoms with E-state index in [2.05, 4.69) is 27.7 Å². The fourth-order valence-corrected chi connectivity index (χ4v) is 1.67. The van der Waals surface area contributed by atoms with Gasteiger partial charge in [-0.1, -0.05) is 26.7 Å². The molecule has 0 radical (unpaired) electrons. The van der Waals surface area contributed by atoms with Gasteiger partial charge in [0.05, 0.1) is 24.4 Å². The normalized spacial score (nSPS) is 25.4. The zero-order chi connectivity index (χ0) is 19.1. The topological polar surface area (TPSA) is 77.4 Å². The molecule has 148 valence electrons. The highest BCUT2D eigenvalue weighted by Crippen LogP contribution is 2.20. The molecule has 1 fully saturated rings. The third kappa shape index (κ3) is 14.1. The SMILES string of the molecule is CC(O)C(C)O.CCCC(OC)OC.CCCC1OC(C)C(C)O1. The highest BCUT2D eigenvalue weighted by atomic mass is 16.7. The fraction of sp³-hybridized carbons (Fsp3) is 1.00. The number of methoxy groups -OCH3 is 2. The molecule has 1 heterocycles. The molecule has 0 saturated carbocycles. The van der Waals surface area contributed by atoms with Gasteiger partial charge in [-0.25, -0.2) is 0 Å². The molecule has 6 heteroatoms. The van der Waals surface area contributed by atoms with Crippen molar-refractivity contribution in [1.29, 1.82) is 0 Å². The molecule has 1 aliphatic rings. The quantitative estimate of drug-likeness (QED) is 0.686. The van der Waals surface area contributed by atoms with Crippen molar-refractivity contribution >= 4 is 0 Å². The molecule has 0 aromatic carbocycles. The third-order valence-electron chi connectivity index (χ3n) is 3.67. The number of ether oxygens (including phenoxy) is 4. The van der Waals surface area contributed by atoms with Crippen molar-refractivity contribution in [2.75, 3.05) is 14.2 Å². The van der Waals surface area contributed by atoms with Crippen LogP contribution in [0.5, 0.6) is 0 Å². The second-order valence-corrected chi connectivity index (χ2v) is 6.07. The number of aliphatic hydroxyl groups excluding tert-OH is 2. The molecule has 2 N–H and O–H groups in total. The van der Waals surface area contributed by atoms with Crippen LogP contribution in [0, 0.1) is 0 Å². The van der Waals surface area contributed by atoms with Crippen molar-refractivity contribution in [3.8, 4) is 0 Å². The lowest BCUT2D eigenvalue weighted by atomic mass is 10.3. The minimum atomic E-state index is -0.593. The second kappa shape index (κ2) is 16.2. The van der Waals surface area contributed by atoms with Crippen LogP contribution in [0.4, 0.5) is 0 Å². The average molecular weight is 353 g/mol. The first kappa shape index (κ1) is 26.0. The van der Waals surface area contributed by atoms with Crippen LogP contribution in [0.1, 0.15) is 67.2 Å². The summed E-state index contributed by atoms with van der Waals surface area (Å²) in [5, 5.41) is 16.8. The first-order chi connectivity index (χ1) is 11.2. The maximum atomic E-state index is 8.38. The van der Waals surface area contributed by atoms with Crippen molar-refractivity contribution in [1.82, 2.24) is 0 Å². The van der Waals surface area contributed by atoms with E-state index in [9.17, 15) is 0 Å². The number of aliphatic hydroxyl groups is 2. The minimum Gasteiger partial charge on any atom is -0.391 e. The van der Waals surface area contributed by atoms with E-state index in [0.29, 0.717) is 0 Å². The minimum absolute atomic E-state index is 0.000000000000000444. The summed E-state index contributed by atoms with van der Waals surface area (Å²) in [6.45, 7) is 11.4. The van der Waals surface area contributed by atoms with Crippen molar-refractivity contribution < 1.29 is 29.2 Å². The molecule has 4 unspecified atom stereocenters. The van der Waals surface area contributed by atoms with Crippen molar-refractivity contribution in [2.24, 2.45) is 0 Å². The average Bonchev–Trinajstić information content (AvgIpc) is 2.84. The first-order valence-corrected chi connectivity index (χ1v) is 8.95. The van der Waals surface area contributed by atoms with Crippen LogP contribution in [0.25, 0.3) is 0 Å². The van der Waals surface area contributed by atoms with Crippen LogP contribution in [0.2, 0.25) is 0 Å². The lowest BCUT2D eigenvalue weighted by molar-refractivity contribution is -0.106. The van der Waals surface area contributed by atoms with Gasteiger partial charge in [-0.05, 0) is 40.5 Å². The van der Waals surface area contributed by atoms with Gasteiger partial charge in [0, 0.05) is 14.2 Å². The Kier molecular flexibility index (Phi) is 17.6. The Labute approximate surface area is 148 Å². The number of hydrogen-bond acceptors (Lipinski definition) is 6. The van der Waals surface area contributed by atoms with Gasteiger partial charge in [-0.15, -0.1) is 0 Å². The molecule has 0 bridgehead atoms. The van der Waals surface area contributed by atoms with E-state index < -0.39 is 12.2 Å². The van der Waals surface area contributed by atoms with Crippen LogP contribution < -0.4 is 0 Å². The highest BCUT2D eigenvalue weighted by molar-refractivity contribution is 4.68. The Hall–Kier alpha value is -0.240. The lowest BCUT2D eigenvalue weighted by Gasteiger charge is -2.10. The third-order valence-corrected chi connectivity index (χ3v) is 3.67. The van der Waals surface area contributed by atoms with E-state index >= 15 is 0 Å². The molecule has 1 aliphatic heterocycles. The Morgan fingerprint density at radius 2 is 1.29 bits per heavy atom. The van der Waals surface area contributed by atoms with E-state index in [1.807, 2.05) is 0 Å². The smallest absolute Gasteiger partial charge is 0.158 e. The lowest BCUT2D eigenvalue weighted by Crippen LogP contribution is -2.17. The van der Waals surface area contributed by atoms with Gasteiger partial charge in [0.15, 0.2) is 12.6 Å². The molecule has 6 nitrogen and oxygen atoms in total. The van der Waals surface area contributed by atoms with Gasteiger partial charge in [-0.2, -0.15) is 0 Å². The van der Waals surface area contributed by atoms with Crippen LogP contribution >= 0.6 is 0 Å². The summed E-state index contributed by atoms with van der Waals surface area (Å²) >= 11 is 0. The predicted octanol–water partition coefficient (Wildman–Crippen LogP) is 3.09. The molecule has 0 aliphatic carbocycles. The van der Waals surface area contributed by atoms with Gasteiger partial charge in [0.25, 0.3) is 0 Å². The van der Waals surface area contributed by atoms with Crippen molar-refractivity contribution in [3.05, 3.63) is 0 Å². The Morgan fingerprint density at radius 3 is 1.50 bits per heavy atom. The Bertz CT molecular complexity index is 240. The molecule has 0 aromatic heterocycles. The van der Waals surface area contributed by atoms with Gasteiger partial charge >= 0.3 is 0 Å². The van der Waals surface area contributed by atoms with E-state index in [0.717, 1.165) is 25.7 Å². The van der Waals surface area contributed by atoms with Gasteiger partial charge in [-0.3, -0.25) is 0 Å². The van der Waals surface area contributed by atoms with Crippen LogP contribution in [0.3, 0.4) is 0 Å². The van der Waals surface area contributed by atoms with E-state index in [1.165, 1.54) is 0 Å². The summed E-state index contributed by atoms with van der Waals surface area (Å²) < 4.78 is 20.8. The molecular weight excluding hydrogens is 312 g/mol. The Balaban J connectivity index is 0. The van der Waals surface area contributed by atoms with E-state index in [4.69, 9.17) is 29.2 Å². The molecule has 1 rings (SSSR count). The van der Waals surface area contributed by atoms with E-state index in [1.54, 1.807) is 28.1 Å². The summed E-state index contributed by atoms with van der Waals surface area (Å²) in [6, 6.07) is 0. The summed E-state index contributed by atoms with van der Waals surface area (Å²) in [5.74, 6) is 0. The summed E-state index contributed by atoms with van der Waals surface area (Å²) in [5.41, 5.74) is 0. The largest absolute Gasteiger partial charge is 0.391 e. The van der Waals surface area contributed by atoms with Crippen LogP contribution in [0.15, 0.2) is 0 Å². The number of hydrogen-bond donors (Lipinski definition) is 2. The van der Waals surface area contributed by atoms with Gasteiger partial charge in [0.2, 0.25) is 0 Å². The first-order valence-electron chi connectivity index (χ1n) is 8.95. The molecule has 0 amide bonds. The van der Waals surface area contributed by atoms with Crippen molar-refractivity contribution in [3.63, 3.8) is 0 Å². The number of rotatable bonds is 7. The predicted molar refractivity (Wildman–Crippen MR) is 95.9 cm³/mol. The Morgan fingerprint density at radius 1 is 0.875 bits per heavy atom. The molecule has 4 atom stereocenters. The van der Waals surface area contributed by atoms with Crippen LogP contribution in [-0.2, 0) is 18.9 Å². The zero-order valence-electron chi connectivity index (χ0n) is 16.8. The highest BCUT2D eigenvalue weighted by Gasteiger charge is 2.28. The maximum Gasteiger partial charge on any atom is 0.158 e. The molecule has 24 heavy (non-hydrogen) atoms. The molecule has 0 aromatic rings. The van der Waals surface area contributed by atoms with Crippen molar-refractivity contribution in [2.45, 2.75) is 104 Å². The molecular formula is C18H40O6. The molecule has 1 saturated heterocycles. The van der Waals surface area contributed by atoms with E-state index in [-0.39, 0.29) is 24.8 Å². The summed E-state index contributed by atoms with van der Waals surface area (Å²) in [7, 11) is 3.31. The summed E-state index contributed by atoms with van der Waals surface area (Å²) in [6.07, 6.45) is 3.66. The standard InChI is InChI=1S/C8H16O2.C6H14O2.C4H10O2/c1-4-5-8-9-6(2)7(3)10-8;1-4-5-6(7-2)8-3;1-3(5)4(2)6/h6-8H,4-5H2,1-3H3;6H,4-5H2,1-3H3;3-6H,1-2H3. The zero-order valence-corrected chi connectivity index (χ0v) is 16.8. The van der Waals surface area contributed by atoms with Gasteiger partial charge < -0.3 is 29.2 Å². The summed E-state index contributed by atoms with van der Waals surface area (Å²) in [4.78, 5) is 0. The maximum absolute atomic E-state index is 8.38.